The molecule has 6 heterocycles. The molecule has 2 aromatic carbocycles. The first-order valence-corrected chi connectivity index (χ1v) is 13.1. The van der Waals surface area contributed by atoms with Crippen LogP contribution in [-0.4, -0.2) is 55.0 Å². The molecular formula is C29H23ClN8. The molecular weight excluding hydrogens is 496 g/mol. The largest absolute Gasteiger partial charge is 0.366 e. The zero-order valence-corrected chi connectivity index (χ0v) is 21.1. The zero-order valence-electron chi connectivity index (χ0n) is 20.3. The average molecular weight is 519 g/mol. The molecule has 0 radical (unpaired) electrons. The Hall–Kier alpha value is -4.27. The average Bonchev–Trinajstić information content (AvgIpc) is 3.76. The smallest absolute Gasteiger partial charge is 0.164 e. The number of aromatic nitrogens is 6. The van der Waals surface area contributed by atoms with Crippen LogP contribution < -0.4 is 10.2 Å². The van der Waals surface area contributed by atoms with Gasteiger partial charge in [-0.3, -0.25) is 10.1 Å². The zero-order chi connectivity index (χ0) is 25.2. The Kier molecular flexibility index (Phi) is 4.80. The fraction of sp³-hybridized carbons (Fsp3) is 0.172. The van der Waals surface area contributed by atoms with E-state index >= 15 is 0 Å². The maximum atomic E-state index is 6.96. The van der Waals surface area contributed by atoms with E-state index < -0.39 is 0 Å². The van der Waals surface area contributed by atoms with Crippen molar-refractivity contribution in [3.8, 4) is 33.6 Å². The predicted molar refractivity (Wildman–Crippen MR) is 149 cm³/mol. The minimum atomic E-state index is 0.539. The molecule has 2 N–H and O–H groups in total. The number of pyridine rings is 1. The molecule has 0 saturated carbocycles. The van der Waals surface area contributed by atoms with E-state index in [0.29, 0.717) is 17.1 Å². The topological polar surface area (TPSA) is 87.0 Å². The third-order valence-corrected chi connectivity index (χ3v) is 8.16. The van der Waals surface area contributed by atoms with Crippen LogP contribution in [0.25, 0.3) is 50.2 Å². The van der Waals surface area contributed by atoms with Crippen LogP contribution in [0.15, 0.2) is 79.4 Å². The summed E-state index contributed by atoms with van der Waals surface area (Å²) < 4.78 is 1.91. The van der Waals surface area contributed by atoms with Gasteiger partial charge in [-0.15, -0.1) is 0 Å². The molecule has 2 bridgehead atoms. The summed E-state index contributed by atoms with van der Waals surface area (Å²) in [5.74, 6) is 0. The van der Waals surface area contributed by atoms with Gasteiger partial charge in [0.05, 0.1) is 28.0 Å². The molecule has 2 aliphatic rings. The van der Waals surface area contributed by atoms with E-state index in [1.165, 1.54) is 12.1 Å². The van der Waals surface area contributed by atoms with Gasteiger partial charge in [-0.1, -0.05) is 23.7 Å². The second-order valence-electron chi connectivity index (χ2n) is 9.97. The first-order valence-electron chi connectivity index (χ1n) is 12.7. The highest BCUT2D eigenvalue weighted by molar-refractivity contribution is 6.33. The summed E-state index contributed by atoms with van der Waals surface area (Å²) in [5.41, 5.74) is 8.44. The van der Waals surface area contributed by atoms with Crippen molar-refractivity contribution in [2.45, 2.75) is 18.5 Å². The second-order valence-corrected chi connectivity index (χ2v) is 10.4. The summed E-state index contributed by atoms with van der Waals surface area (Å²) in [5, 5.41) is 17.8. The van der Waals surface area contributed by atoms with E-state index in [-0.39, 0.29) is 0 Å². The monoisotopic (exact) mass is 518 g/mol. The Morgan fingerprint density at radius 2 is 1.89 bits per heavy atom. The number of nitrogens with zero attached hydrogens (tertiary/aromatic N) is 6. The third-order valence-electron chi connectivity index (χ3n) is 7.84. The molecule has 2 saturated heterocycles. The van der Waals surface area contributed by atoms with Crippen molar-refractivity contribution in [3.63, 3.8) is 0 Å². The van der Waals surface area contributed by atoms with Crippen molar-refractivity contribution in [1.82, 2.24) is 35.1 Å². The maximum Gasteiger partial charge on any atom is 0.164 e. The Morgan fingerprint density at radius 3 is 2.71 bits per heavy atom. The minimum Gasteiger partial charge on any atom is -0.366 e. The quantitative estimate of drug-likeness (QED) is 0.333. The lowest BCUT2D eigenvalue weighted by Crippen LogP contribution is -2.43. The van der Waals surface area contributed by atoms with Gasteiger partial charge in [0.1, 0.15) is 5.69 Å². The number of halogens is 1. The van der Waals surface area contributed by atoms with Gasteiger partial charge in [0.2, 0.25) is 0 Å². The number of H-pyrrole nitrogens is 1. The van der Waals surface area contributed by atoms with Crippen molar-refractivity contribution in [2.75, 3.05) is 18.0 Å². The Morgan fingerprint density at radius 1 is 0.974 bits per heavy atom. The van der Waals surface area contributed by atoms with Crippen molar-refractivity contribution in [1.29, 1.82) is 0 Å². The summed E-state index contributed by atoms with van der Waals surface area (Å²) in [7, 11) is 0. The number of fused-ring (bicyclic) bond motifs is 4. The van der Waals surface area contributed by atoms with Crippen LogP contribution in [0.2, 0.25) is 5.02 Å². The Bertz CT molecular complexity index is 1830. The first kappa shape index (κ1) is 21.8. The summed E-state index contributed by atoms with van der Waals surface area (Å²) in [6.07, 6.45) is 8.45. The van der Waals surface area contributed by atoms with Crippen LogP contribution in [0.3, 0.4) is 0 Å². The molecule has 2 atom stereocenters. The van der Waals surface area contributed by atoms with Crippen molar-refractivity contribution in [3.05, 3.63) is 84.4 Å². The van der Waals surface area contributed by atoms with Gasteiger partial charge in [-0.2, -0.15) is 10.2 Å². The molecule has 8 nitrogen and oxygen atoms in total. The number of hydrogen-bond donors (Lipinski definition) is 2. The molecule has 2 fully saturated rings. The van der Waals surface area contributed by atoms with E-state index in [4.69, 9.17) is 21.7 Å². The molecule has 0 unspecified atom stereocenters. The lowest BCUT2D eigenvalue weighted by atomic mass is 9.99. The van der Waals surface area contributed by atoms with Crippen LogP contribution in [0, 0.1) is 0 Å². The highest BCUT2D eigenvalue weighted by Gasteiger charge is 2.37. The fourth-order valence-electron chi connectivity index (χ4n) is 6.06. The number of nitrogens with one attached hydrogen (secondary N) is 2. The van der Waals surface area contributed by atoms with E-state index in [0.717, 1.165) is 63.3 Å². The number of piperazine rings is 1. The van der Waals surface area contributed by atoms with Crippen LogP contribution >= 0.6 is 11.6 Å². The molecule has 0 spiro atoms. The van der Waals surface area contributed by atoms with Crippen LogP contribution in [0.1, 0.15) is 6.42 Å². The SMILES string of the molecule is Clc1cc(N2C[C@H]3C[C@@H]2CN3)ccc1-c1ccnc2c(-c3cccc4[nH]ncc34)c(-c3ccncc3)nn12. The molecule has 38 heavy (non-hydrogen) atoms. The normalized spacial score (nSPS) is 18.7. The lowest BCUT2D eigenvalue weighted by molar-refractivity contribution is 0.580. The third kappa shape index (κ3) is 3.27. The highest BCUT2D eigenvalue weighted by atomic mass is 35.5. The number of aromatic amines is 1. The lowest BCUT2D eigenvalue weighted by Gasteiger charge is -2.30. The molecule has 4 aromatic heterocycles. The highest BCUT2D eigenvalue weighted by Crippen LogP contribution is 2.40. The number of anilines is 1. The number of benzene rings is 2. The van der Waals surface area contributed by atoms with Gasteiger partial charge in [0, 0.05) is 66.0 Å². The van der Waals surface area contributed by atoms with E-state index in [9.17, 15) is 0 Å². The second kappa shape index (κ2) is 8.37. The standard InChI is InChI=1S/C29H23ClN8/c30-24-13-19(37-16-18-12-20(37)14-33-18)4-5-22(24)26-8-11-32-29-27(21-2-1-3-25-23(21)15-34-35-25)28(36-38(26)29)17-6-9-31-10-7-17/h1-11,13,15,18,20,33H,12,14,16H2,(H,34,35)/t18-,20-/m1/s1. The molecule has 9 heteroatoms. The van der Waals surface area contributed by atoms with Crippen molar-refractivity contribution >= 4 is 33.8 Å². The predicted octanol–water partition coefficient (Wildman–Crippen LogP) is 5.21. The van der Waals surface area contributed by atoms with Crippen LogP contribution in [-0.2, 0) is 0 Å². The summed E-state index contributed by atoms with van der Waals surface area (Å²) in [4.78, 5) is 11.5. The van der Waals surface area contributed by atoms with Crippen molar-refractivity contribution < 1.29 is 0 Å². The Balaban J connectivity index is 1.33. The Labute approximate surface area is 223 Å². The van der Waals surface area contributed by atoms with E-state index in [2.05, 4.69) is 49.7 Å². The summed E-state index contributed by atoms with van der Waals surface area (Å²) in [6, 6.07) is 19.5. The van der Waals surface area contributed by atoms with E-state index in [1.807, 2.05) is 47.2 Å². The van der Waals surface area contributed by atoms with Gasteiger partial charge in [-0.05, 0) is 54.4 Å². The van der Waals surface area contributed by atoms with E-state index in [1.54, 1.807) is 12.4 Å². The van der Waals surface area contributed by atoms with Gasteiger partial charge in [-0.25, -0.2) is 9.50 Å². The van der Waals surface area contributed by atoms with Crippen molar-refractivity contribution in [2.24, 2.45) is 0 Å². The van der Waals surface area contributed by atoms with Crippen LogP contribution in [0.5, 0.6) is 0 Å². The number of hydrogen-bond acceptors (Lipinski definition) is 6. The molecule has 2 aliphatic heterocycles. The number of rotatable bonds is 4. The van der Waals surface area contributed by atoms with Gasteiger partial charge in [0.25, 0.3) is 0 Å². The van der Waals surface area contributed by atoms with Crippen LogP contribution in [0.4, 0.5) is 5.69 Å². The maximum absolute atomic E-state index is 6.96. The van der Waals surface area contributed by atoms with Gasteiger partial charge < -0.3 is 10.2 Å². The molecule has 6 aromatic rings. The molecule has 0 aliphatic carbocycles. The summed E-state index contributed by atoms with van der Waals surface area (Å²) >= 11 is 6.96. The first-order chi connectivity index (χ1) is 18.7. The molecule has 186 valence electrons. The molecule has 0 amide bonds. The summed E-state index contributed by atoms with van der Waals surface area (Å²) in [6.45, 7) is 2.06. The minimum absolute atomic E-state index is 0.539. The fourth-order valence-corrected chi connectivity index (χ4v) is 6.33. The molecule has 8 rings (SSSR count). The van der Waals surface area contributed by atoms with Gasteiger partial charge >= 0.3 is 0 Å². The van der Waals surface area contributed by atoms with Gasteiger partial charge in [0.15, 0.2) is 5.65 Å².